The molecular weight excluding hydrogens is 504 g/mol. The van der Waals surface area contributed by atoms with Gasteiger partial charge < -0.3 is 5.73 Å². The molecular formula is C37H24N2S. The predicted octanol–water partition coefficient (Wildman–Crippen LogP) is 9.76. The largest absolute Gasteiger partial charge is 0.398 e. The summed E-state index contributed by atoms with van der Waals surface area (Å²) in [5, 5.41) is 4.93. The highest BCUT2D eigenvalue weighted by molar-refractivity contribution is 7.25. The minimum absolute atomic E-state index is 0.714. The van der Waals surface area contributed by atoms with Crippen LogP contribution in [0.2, 0.25) is 0 Å². The lowest BCUT2D eigenvalue weighted by molar-refractivity contribution is 1.48. The topological polar surface area (TPSA) is 38.4 Å². The second-order valence-electron chi connectivity index (χ2n) is 10.2. The molecule has 2 N–H and O–H groups in total. The van der Waals surface area contributed by atoms with Crippen molar-refractivity contribution < 1.29 is 0 Å². The van der Waals surface area contributed by atoms with Crippen molar-refractivity contribution in [1.29, 1.82) is 0 Å². The summed E-state index contributed by atoms with van der Waals surface area (Å²) >= 11 is 1.81. The van der Waals surface area contributed by atoms with Gasteiger partial charge in [0, 0.05) is 42.6 Å². The molecule has 8 rings (SSSR count). The van der Waals surface area contributed by atoms with Crippen LogP contribution in [0, 0.1) is 0 Å². The number of rotatable bonds is 3. The molecule has 188 valence electrons. The Hall–Kier alpha value is -4.99. The van der Waals surface area contributed by atoms with E-state index in [-0.39, 0.29) is 0 Å². The summed E-state index contributed by atoms with van der Waals surface area (Å²) in [7, 11) is 0. The van der Waals surface area contributed by atoms with Gasteiger partial charge in [0.05, 0.1) is 11.4 Å². The molecule has 1 aromatic heterocycles. The lowest BCUT2D eigenvalue weighted by Crippen LogP contribution is -2.10. The summed E-state index contributed by atoms with van der Waals surface area (Å²) < 4.78 is 2.56. The third kappa shape index (κ3) is 3.38. The molecule has 0 fully saturated rings. The summed E-state index contributed by atoms with van der Waals surface area (Å²) in [6, 6.07) is 34.5. The van der Waals surface area contributed by atoms with Crippen LogP contribution in [-0.2, 0) is 0 Å². The molecule has 0 amide bonds. The predicted molar refractivity (Wildman–Crippen MR) is 174 cm³/mol. The molecule has 0 bridgehead atoms. The van der Waals surface area contributed by atoms with E-state index in [9.17, 15) is 0 Å². The number of allylic oxidation sites excluding steroid dienone is 5. The van der Waals surface area contributed by atoms with Gasteiger partial charge in [0.25, 0.3) is 0 Å². The minimum atomic E-state index is 0.714. The van der Waals surface area contributed by atoms with E-state index in [1.54, 1.807) is 0 Å². The zero-order chi connectivity index (χ0) is 26.8. The van der Waals surface area contributed by atoms with E-state index in [2.05, 4.69) is 110 Å². The van der Waals surface area contributed by atoms with Gasteiger partial charge in [-0.1, -0.05) is 104 Å². The summed E-state index contributed by atoms with van der Waals surface area (Å²) in [6.45, 7) is 4.36. The first-order valence-electron chi connectivity index (χ1n) is 13.4. The van der Waals surface area contributed by atoms with Crippen LogP contribution >= 0.6 is 11.3 Å². The zero-order valence-electron chi connectivity index (χ0n) is 21.7. The van der Waals surface area contributed by atoms with E-state index in [1.165, 1.54) is 47.8 Å². The third-order valence-corrected chi connectivity index (χ3v) is 9.15. The lowest BCUT2D eigenvalue weighted by atomic mass is 9.93. The first-order chi connectivity index (χ1) is 19.7. The first-order valence-corrected chi connectivity index (χ1v) is 14.2. The van der Waals surface area contributed by atoms with Crippen molar-refractivity contribution in [2.24, 2.45) is 10.7 Å². The van der Waals surface area contributed by atoms with Gasteiger partial charge in [0.1, 0.15) is 0 Å². The molecule has 5 aromatic carbocycles. The van der Waals surface area contributed by atoms with Gasteiger partial charge in [-0.25, -0.2) is 4.99 Å². The number of thiophene rings is 1. The Morgan fingerprint density at radius 1 is 0.650 bits per heavy atom. The number of hydrogen-bond acceptors (Lipinski definition) is 3. The SMILES string of the molecule is C=C(N=C1C=CC=C/C1=C(/N)c1ccc2c3c(cccc13)-c1ccccc1-2)c1ccc2sc3ccccc3c2c1. The molecule has 0 atom stereocenters. The average Bonchev–Trinajstić information content (AvgIpc) is 3.54. The molecule has 3 heteroatoms. The van der Waals surface area contributed by atoms with Gasteiger partial charge in [-0.2, -0.15) is 0 Å². The summed E-state index contributed by atoms with van der Waals surface area (Å²) in [6.07, 6.45) is 8.09. The Morgan fingerprint density at radius 2 is 1.35 bits per heavy atom. The van der Waals surface area contributed by atoms with Gasteiger partial charge in [0.15, 0.2) is 0 Å². The van der Waals surface area contributed by atoms with Crippen LogP contribution in [0.5, 0.6) is 0 Å². The molecule has 0 spiro atoms. The highest BCUT2D eigenvalue weighted by Gasteiger charge is 2.23. The van der Waals surface area contributed by atoms with Gasteiger partial charge >= 0.3 is 0 Å². The molecule has 6 aromatic rings. The highest BCUT2D eigenvalue weighted by atomic mass is 32.1. The van der Waals surface area contributed by atoms with E-state index < -0.39 is 0 Å². The molecule has 2 aliphatic carbocycles. The summed E-state index contributed by atoms with van der Waals surface area (Å²) in [5.41, 5.74) is 17.2. The third-order valence-electron chi connectivity index (χ3n) is 8.00. The molecule has 0 saturated heterocycles. The monoisotopic (exact) mass is 528 g/mol. The molecule has 0 saturated carbocycles. The molecule has 0 unspecified atom stereocenters. The van der Waals surface area contributed by atoms with E-state index in [0.717, 1.165) is 27.8 Å². The van der Waals surface area contributed by atoms with Crippen LogP contribution in [0.4, 0.5) is 0 Å². The zero-order valence-corrected chi connectivity index (χ0v) is 22.5. The van der Waals surface area contributed by atoms with E-state index in [0.29, 0.717) is 11.4 Å². The van der Waals surface area contributed by atoms with Gasteiger partial charge in [0.2, 0.25) is 0 Å². The fourth-order valence-corrected chi connectivity index (χ4v) is 7.19. The maximum absolute atomic E-state index is 6.97. The van der Waals surface area contributed by atoms with Crippen LogP contribution in [0.25, 0.3) is 64.6 Å². The number of aliphatic imine (C=N–C) groups is 1. The van der Waals surface area contributed by atoms with Crippen molar-refractivity contribution >= 4 is 59.4 Å². The first kappa shape index (κ1) is 22.9. The van der Waals surface area contributed by atoms with Crippen molar-refractivity contribution in [3.8, 4) is 22.3 Å². The number of benzene rings is 5. The normalized spacial score (nSPS) is 15.8. The Morgan fingerprint density at radius 3 is 2.23 bits per heavy atom. The lowest BCUT2D eigenvalue weighted by Gasteiger charge is -2.15. The van der Waals surface area contributed by atoms with Crippen molar-refractivity contribution in [3.05, 3.63) is 145 Å². The van der Waals surface area contributed by atoms with E-state index >= 15 is 0 Å². The Labute approximate surface area is 236 Å². The van der Waals surface area contributed by atoms with Crippen molar-refractivity contribution in [1.82, 2.24) is 0 Å². The molecule has 1 heterocycles. The fraction of sp³-hybridized carbons (Fsp3) is 0. The van der Waals surface area contributed by atoms with Crippen LogP contribution in [0.3, 0.4) is 0 Å². The standard InChI is InChI=1S/C37H24N2S/c1-22(23-17-20-35-32(21-23)26-11-5-7-16-34(26)40-35)39-33-15-6-4-12-31(33)37(38)30-19-18-29-25-10-3-2-9-24(25)27-13-8-14-28(30)36(27)29/h2-21H,1,38H2/b37-31-,39-33?. The number of fused-ring (bicyclic) bond motifs is 6. The molecule has 40 heavy (non-hydrogen) atoms. The summed E-state index contributed by atoms with van der Waals surface area (Å²) in [4.78, 5) is 5.02. The number of hydrogen-bond donors (Lipinski definition) is 1. The van der Waals surface area contributed by atoms with Crippen molar-refractivity contribution in [2.75, 3.05) is 0 Å². The van der Waals surface area contributed by atoms with Gasteiger partial charge in [-0.15, -0.1) is 11.3 Å². The Kier molecular flexibility index (Phi) is 5.03. The van der Waals surface area contributed by atoms with Gasteiger partial charge in [-0.3, -0.25) is 0 Å². The van der Waals surface area contributed by atoms with Gasteiger partial charge in [-0.05, 0) is 57.3 Å². The Bertz CT molecular complexity index is 2160. The quantitative estimate of drug-likeness (QED) is 0.243. The number of nitrogens with two attached hydrogens (primary N) is 1. The van der Waals surface area contributed by atoms with Crippen LogP contribution < -0.4 is 5.73 Å². The summed E-state index contributed by atoms with van der Waals surface area (Å²) in [5.74, 6) is 0. The second-order valence-corrected chi connectivity index (χ2v) is 11.3. The Balaban J connectivity index is 1.24. The smallest absolute Gasteiger partial charge is 0.0730 e. The fourth-order valence-electron chi connectivity index (χ4n) is 6.10. The molecule has 2 aliphatic rings. The van der Waals surface area contributed by atoms with Crippen molar-refractivity contribution in [3.63, 3.8) is 0 Å². The minimum Gasteiger partial charge on any atom is -0.398 e. The van der Waals surface area contributed by atoms with E-state index in [1.807, 2.05) is 29.6 Å². The maximum Gasteiger partial charge on any atom is 0.0730 e. The number of nitrogens with zero attached hydrogens (tertiary/aromatic N) is 1. The van der Waals surface area contributed by atoms with Crippen LogP contribution in [0.1, 0.15) is 11.1 Å². The average molecular weight is 529 g/mol. The highest BCUT2D eigenvalue weighted by Crippen LogP contribution is 2.48. The molecule has 0 aliphatic heterocycles. The molecule has 2 nitrogen and oxygen atoms in total. The van der Waals surface area contributed by atoms with Crippen LogP contribution in [0.15, 0.2) is 139 Å². The van der Waals surface area contributed by atoms with Crippen LogP contribution in [-0.4, -0.2) is 5.71 Å². The second kappa shape index (κ2) is 8.77. The van der Waals surface area contributed by atoms with Crippen molar-refractivity contribution in [2.45, 2.75) is 0 Å². The molecule has 0 radical (unpaired) electrons. The van der Waals surface area contributed by atoms with E-state index in [4.69, 9.17) is 10.7 Å². The maximum atomic E-state index is 6.97.